The third kappa shape index (κ3) is 4.31. The molecule has 6 heteroatoms. The maximum Gasteiger partial charge on any atom is 0.224 e. The molecule has 0 aliphatic rings. The molecule has 0 aliphatic heterocycles. The molecule has 2 aromatic rings. The highest BCUT2D eigenvalue weighted by Crippen LogP contribution is 2.24. The minimum absolute atomic E-state index is 0.0535. The fourth-order valence-corrected chi connectivity index (χ4v) is 2.02. The van der Waals surface area contributed by atoms with Crippen LogP contribution in [0.3, 0.4) is 0 Å². The summed E-state index contributed by atoms with van der Waals surface area (Å²) < 4.78 is 0. The molecule has 1 aromatic heterocycles. The lowest BCUT2D eigenvalue weighted by molar-refractivity contribution is 0.276. The van der Waals surface area contributed by atoms with Crippen LogP contribution in [0.15, 0.2) is 36.5 Å². The molecule has 5 nitrogen and oxygen atoms in total. The first-order valence-electron chi connectivity index (χ1n) is 6.93. The SMILES string of the molecule is CCCNc1ncc(Cl)c(NC(CO)c2ccccc2)n1. The molecule has 2 rings (SSSR count). The van der Waals surface area contributed by atoms with Gasteiger partial charge in [0.25, 0.3) is 0 Å². The Labute approximate surface area is 129 Å². The van der Waals surface area contributed by atoms with Gasteiger partial charge in [-0.05, 0) is 12.0 Å². The second kappa shape index (κ2) is 7.81. The fourth-order valence-electron chi connectivity index (χ4n) is 1.88. The molecule has 1 atom stereocenters. The molecular weight excluding hydrogens is 288 g/mol. The molecule has 1 unspecified atom stereocenters. The smallest absolute Gasteiger partial charge is 0.224 e. The summed E-state index contributed by atoms with van der Waals surface area (Å²) in [6, 6.07) is 9.41. The molecule has 1 heterocycles. The van der Waals surface area contributed by atoms with Crippen LogP contribution in [-0.4, -0.2) is 28.2 Å². The Hall–Kier alpha value is -1.85. The van der Waals surface area contributed by atoms with Crippen LogP contribution in [0.5, 0.6) is 0 Å². The average Bonchev–Trinajstić information content (AvgIpc) is 2.53. The number of aliphatic hydroxyl groups excluding tert-OH is 1. The van der Waals surface area contributed by atoms with Gasteiger partial charge in [0.05, 0.1) is 18.8 Å². The molecule has 0 fully saturated rings. The van der Waals surface area contributed by atoms with Crippen LogP contribution in [0, 0.1) is 0 Å². The van der Waals surface area contributed by atoms with Crippen molar-refractivity contribution in [2.24, 2.45) is 0 Å². The summed E-state index contributed by atoms with van der Waals surface area (Å²) in [5.74, 6) is 1.03. The van der Waals surface area contributed by atoms with Gasteiger partial charge in [-0.25, -0.2) is 4.98 Å². The Bertz CT molecular complexity index is 565. The van der Waals surface area contributed by atoms with Crippen LogP contribution in [0.2, 0.25) is 5.02 Å². The third-order valence-corrected chi connectivity index (χ3v) is 3.25. The van der Waals surface area contributed by atoms with Gasteiger partial charge in [0.2, 0.25) is 5.95 Å². The van der Waals surface area contributed by atoms with Crippen LogP contribution in [0.25, 0.3) is 0 Å². The highest BCUT2D eigenvalue weighted by molar-refractivity contribution is 6.32. The van der Waals surface area contributed by atoms with E-state index in [1.54, 1.807) is 6.20 Å². The molecule has 3 N–H and O–H groups in total. The van der Waals surface area contributed by atoms with Crippen molar-refractivity contribution in [3.63, 3.8) is 0 Å². The average molecular weight is 307 g/mol. The Morgan fingerprint density at radius 1 is 1.29 bits per heavy atom. The first-order valence-corrected chi connectivity index (χ1v) is 7.31. The van der Waals surface area contributed by atoms with Gasteiger partial charge in [-0.2, -0.15) is 4.98 Å². The zero-order valence-corrected chi connectivity index (χ0v) is 12.6. The quantitative estimate of drug-likeness (QED) is 0.733. The predicted molar refractivity (Wildman–Crippen MR) is 85.7 cm³/mol. The first kappa shape index (κ1) is 15.5. The summed E-state index contributed by atoms with van der Waals surface area (Å²) in [5, 5.41) is 16.3. The number of halogens is 1. The topological polar surface area (TPSA) is 70.1 Å². The van der Waals surface area contributed by atoms with Crippen molar-refractivity contribution in [3.05, 3.63) is 47.1 Å². The zero-order valence-electron chi connectivity index (χ0n) is 11.9. The van der Waals surface area contributed by atoms with Gasteiger partial charge < -0.3 is 15.7 Å². The normalized spacial score (nSPS) is 12.0. The lowest BCUT2D eigenvalue weighted by Crippen LogP contribution is -2.16. The van der Waals surface area contributed by atoms with Crippen LogP contribution in [0.1, 0.15) is 24.9 Å². The molecule has 1 aromatic carbocycles. The van der Waals surface area contributed by atoms with E-state index in [-0.39, 0.29) is 12.6 Å². The van der Waals surface area contributed by atoms with E-state index in [1.807, 2.05) is 30.3 Å². The van der Waals surface area contributed by atoms with Gasteiger partial charge >= 0.3 is 0 Å². The number of benzene rings is 1. The molecule has 0 aliphatic carbocycles. The third-order valence-electron chi connectivity index (χ3n) is 2.97. The van der Waals surface area contributed by atoms with E-state index in [0.717, 1.165) is 18.5 Å². The van der Waals surface area contributed by atoms with Crippen LogP contribution in [0.4, 0.5) is 11.8 Å². The Morgan fingerprint density at radius 3 is 2.71 bits per heavy atom. The van der Waals surface area contributed by atoms with E-state index >= 15 is 0 Å². The van der Waals surface area contributed by atoms with Gasteiger partial charge in [-0.15, -0.1) is 0 Å². The molecular formula is C15H19ClN4O. The summed E-state index contributed by atoms with van der Waals surface area (Å²) in [6.45, 7) is 2.81. The second-order valence-corrected chi connectivity index (χ2v) is 5.01. The number of rotatable bonds is 7. The monoisotopic (exact) mass is 306 g/mol. The summed E-state index contributed by atoms with van der Waals surface area (Å²) in [5.41, 5.74) is 0.970. The van der Waals surface area contributed by atoms with E-state index in [1.165, 1.54) is 0 Å². The van der Waals surface area contributed by atoms with E-state index in [2.05, 4.69) is 27.5 Å². The number of aliphatic hydroxyl groups is 1. The highest BCUT2D eigenvalue weighted by atomic mass is 35.5. The van der Waals surface area contributed by atoms with Crippen molar-refractivity contribution >= 4 is 23.4 Å². The first-order chi connectivity index (χ1) is 10.2. The van der Waals surface area contributed by atoms with Crippen molar-refractivity contribution in [1.82, 2.24) is 9.97 Å². The van der Waals surface area contributed by atoms with Crippen molar-refractivity contribution in [2.45, 2.75) is 19.4 Å². The highest BCUT2D eigenvalue weighted by Gasteiger charge is 2.13. The van der Waals surface area contributed by atoms with Crippen molar-refractivity contribution in [2.75, 3.05) is 23.8 Å². The lowest BCUT2D eigenvalue weighted by Gasteiger charge is -2.18. The van der Waals surface area contributed by atoms with Gasteiger partial charge in [0.15, 0.2) is 5.82 Å². The minimum Gasteiger partial charge on any atom is -0.394 e. The summed E-state index contributed by atoms with van der Waals surface area (Å²) in [4.78, 5) is 8.47. The number of nitrogens with zero attached hydrogens (tertiary/aromatic N) is 2. The van der Waals surface area contributed by atoms with E-state index in [9.17, 15) is 5.11 Å². The number of anilines is 2. The zero-order chi connectivity index (χ0) is 15.1. The molecule has 21 heavy (non-hydrogen) atoms. The fraction of sp³-hybridized carbons (Fsp3) is 0.333. The summed E-state index contributed by atoms with van der Waals surface area (Å²) in [6.07, 6.45) is 2.53. The molecule has 0 spiro atoms. The largest absolute Gasteiger partial charge is 0.394 e. The molecule has 0 amide bonds. The van der Waals surface area contributed by atoms with Gasteiger partial charge in [-0.3, -0.25) is 0 Å². The molecule has 0 saturated heterocycles. The summed E-state index contributed by atoms with van der Waals surface area (Å²) >= 11 is 6.12. The van der Waals surface area contributed by atoms with E-state index < -0.39 is 0 Å². The lowest BCUT2D eigenvalue weighted by atomic mass is 10.1. The Morgan fingerprint density at radius 2 is 2.05 bits per heavy atom. The van der Waals surface area contributed by atoms with Crippen molar-refractivity contribution < 1.29 is 5.11 Å². The maximum absolute atomic E-state index is 9.58. The maximum atomic E-state index is 9.58. The van der Waals surface area contributed by atoms with Crippen molar-refractivity contribution in [3.8, 4) is 0 Å². The van der Waals surface area contributed by atoms with E-state index in [4.69, 9.17) is 11.6 Å². The molecule has 0 radical (unpaired) electrons. The number of hydrogen-bond donors (Lipinski definition) is 3. The summed E-state index contributed by atoms with van der Waals surface area (Å²) in [7, 11) is 0. The van der Waals surface area contributed by atoms with Crippen LogP contribution in [-0.2, 0) is 0 Å². The number of nitrogens with one attached hydrogen (secondary N) is 2. The number of hydrogen-bond acceptors (Lipinski definition) is 5. The standard InChI is InChI=1S/C15H19ClN4O/c1-2-8-17-15-18-9-12(16)14(20-15)19-13(10-21)11-6-4-3-5-7-11/h3-7,9,13,21H,2,8,10H2,1H3,(H2,17,18,19,20). The van der Waals surface area contributed by atoms with Crippen LogP contribution < -0.4 is 10.6 Å². The molecule has 0 bridgehead atoms. The molecule has 0 saturated carbocycles. The van der Waals surface area contributed by atoms with Gasteiger partial charge in [-0.1, -0.05) is 48.9 Å². The van der Waals surface area contributed by atoms with Gasteiger partial charge in [0.1, 0.15) is 5.02 Å². The second-order valence-electron chi connectivity index (χ2n) is 4.61. The predicted octanol–water partition coefficient (Wildman–Crippen LogP) is 3.10. The Kier molecular flexibility index (Phi) is 5.78. The Balaban J connectivity index is 2.16. The minimum atomic E-state index is -0.266. The van der Waals surface area contributed by atoms with E-state index in [0.29, 0.717) is 16.8 Å². The number of aromatic nitrogens is 2. The van der Waals surface area contributed by atoms with Crippen LogP contribution >= 0.6 is 11.6 Å². The van der Waals surface area contributed by atoms with Crippen molar-refractivity contribution in [1.29, 1.82) is 0 Å². The van der Waals surface area contributed by atoms with Gasteiger partial charge in [0, 0.05) is 6.54 Å². The molecule has 112 valence electrons.